The standard InChI is InChI=1S/C33H49NO3/c1-9-36-27(35)33-16-14-28(2,3)19-23(33)22-10-11-25-30(6)18-21-20-34-37-26(21)29(4,5)24(30)12-13-32(25,8)31(22,7)15-17-33/h10,20,23-25H,9,11-19H2,1-8H3/t23-,24-,25-,30-,31+,32+,33-/m0/s1. The minimum absolute atomic E-state index is 0.00405. The second-order valence-corrected chi connectivity index (χ2v) is 15.7. The van der Waals surface area contributed by atoms with Crippen molar-refractivity contribution in [3.05, 3.63) is 29.2 Å². The van der Waals surface area contributed by atoms with E-state index in [1.165, 1.54) is 18.4 Å². The number of aromatic nitrogens is 1. The van der Waals surface area contributed by atoms with Crippen molar-refractivity contribution >= 4 is 5.97 Å². The number of carbonyl (C=O) groups is 1. The zero-order valence-corrected chi connectivity index (χ0v) is 24.6. The van der Waals surface area contributed by atoms with Crippen LogP contribution in [0.25, 0.3) is 0 Å². The molecular formula is C33H49NO3. The molecule has 1 aromatic heterocycles. The van der Waals surface area contributed by atoms with Crippen LogP contribution in [-0.2, 0) is 21.4 Å². The smallest absolute Gasteiger partial charge is 0.312 e. The molecule has 1 aromatic rings. The van der Waals surface area contributed by atoms with E-state index in [0.717, 1.165) is 50.7 Å². The van der Waals surface area contributed by atoms with Crippen molar-refractivity contribution in [2.24, 2.45) is 44.8 Å². The average Bonchev–Trinajstić information content (AvgIpc) is 3.28. The Morgan fingerprint density at radius 3 is 2.49 bits per heavy atom. The summed E-state index contributed by atoms with van der Waals surface area (Å²) in [5, 5.41) is 4.26. The first-order chi connectivity index (χ1) is 17.3. The third-order valence-electron chi connectivity index (χ3n) is 13.3. The average molecular weight is 508 g/mol. The molecule has 1 heterocycles. The number of allylic oxidation sites excluding steroid dienone is 2. The normalized spacial score (nSPS) is 45.3. The van der Waals surface area contributed by atoms with Gasteiger partial charge in [0, 0.05) is 11.0 Å². The molecule has 0 amide bonds. The molecule has 4 nitrogen and oxygen atoms in total. The maximum atomic E-state index is 13.6. The second-order valence-electron chi connectivity index (χ2n) is 15.7. The fraction of sp³-hybridized carbons (Fsp3) is 0.818. The highest BCUT2D eigenvalue weighted by molar-refractivity contribution is 5.78. The topological polar surface area (TPSA) is 52.3 Å². The summed E-state index contributed by atoms with van der Waals surface area (Å²) in [6.45, 7) is 19.9. The Labute approximate surface area is 224 Å². The highest BCUT2D eigenvalue weighted by atomic mass is 16.5. The maximum Gasteiger partial charge on any atom is 0.312 e. The first-order valence-electron chi connectivity index (χ1n) is 15.1. The summed E-state index contributed by atoms with van der Waals surface area (Å²) >= 11 is 0. The summed E-state index contributed by atoms with van der Waals surface area (Å²) in [6.07, 6.45) is 14.6. The molecule has 0 unspecified atom stereocenters. The number of nitrogens with zero attached hydrogens (tertiary/aromatic N) is 1. The zero-order chi connectivity index (χ0) is 26.6. The largest absolute Gasteiger partial charge is 0.466 e. The molecular weight excluding hydrogens is 458 g/mol. The Balaban J connectivity index is 1.45. The Hall–Kier alpha value is -1.58. The van der Waals surface area contributed by atoms with Crippen molar-refractivity contribution in [1.29, 1.82) is 0 Å². The SMILES string of the molecule is CCOC(=O)[C@]12CCC(C)(C)C[C@H]1C1=CC[C@H]3[C@@]4(C)Cc5cnoc5C(C)(C)[C@@H]4CC[C@@]3(C)[C@]1(C)CC2. The minimum atomic E-state index is -0.328. The van der Waals surface area contributed by atoms with Gasteiger partial charge in [-0.05, 0) is 104 Å². The van der Waals surface area contributed by atoms with Gasteiger partial charge in [0.1, 0.15) is 5.76 Å². The fourth-order valence-corrected chi connectivity index (χ4v) is 11.2. The molecule has 0 aliphatic heterocycles. The molecule has 6 rings (SSSR count). The molecule has 7 atom stereocenters. The van der Waals surface area contributed by atoms with E-state index >= 15 is 0 Å². The van der Waals surface area contributed by atoms with E-state index in [1.807, 2.05) is 13.1 Å². The van der Waals surface area contributed by atoms with E-state index in [0.29, 0.717) is 24.4 Å². The van der Waals surface area contributed by atoms with Gasteiger partial charge >= 0.3 is 5.97 Å². The van der Waals surface area contributed by atoms with Crippen LogP contribution in [0.1, 0.15) is 118 Å². The Morgan fingerprint density at radius 1 is 1.03 bits per heavy atom. The predicted molar refractivity (Wildman–Crippen MR) is 146 cm³/mol. The second kappa shape index (κ2) is 7.75. The molecule has 0 bridgehead atoms. The van der Waals surface area contributed by atoms with Crippen molar-refractivity contribution in [3.63, 3.8) is 0 Å². The third kappa shape index (κ3) is 3.14. The number of ether oxygens (including phenoxy) is 1. The van der Waals surface area contributed by atoms with Crippen LogP contribution < -0.4 is 0 Å². The van der Waals surface area contributed by atoms with Crippen LogP contribution in [0.4, 0.5) is 0 Å². The Bertz CT molecular complexity index is 1140. The quantitative estimate of drug-likeness (QED) is 0.300. The summed E-state index contributed by atoms with van der Waals surface area (Å²) in [5.41, 5.74) is 3.43. The molecule has 4 heteroatoms. The first kappa shape index (κ1) is 25.7. The van der Waals surface area contributed by atoms with Gasteiger partial charge in [-0.1, -0.05) is 65.3 Å². The van der Waals surface area contributed by atoms with Gasteiger partial charge in [-0.3, -0.25) is 4.79 Å². The van der Waals surface area contributed by atoms with Crippen molar-refractivity contribution < 1.29 is 14.1 Å². The summed E-state index contributed by atoms with van der Waals surface area (Å²) in [4.78, 5) is 13.6. The van der Waals surface area contributed by atoms with E-state index in [1.54, 1.807) is 5.57 Å². The lowest BCUT2D eigenvalue weighted by Gasteiger charge is -2.70. The minimum Gasteiger partial charge on any atom is -0.466 e. The maximum absolute atomic E-state index is 13.6. The van der Waals surface area contributed by atoms with Crippen molar-refractivity contribution in [1.82, 2.24) is 5.16 Å². The van der Waals surface area contributed by atoms with E-state index in [4.69, 9.17) is 9.26 Å². The summed E-state index contributed by atoms with van der Waals surface area (Å²) < 4.78 is 11.7. The van der Waals surface area contributed by atoms with Crippen molar-refractivity contribution in [2.45, 2.75) is 119 Å². The van der Waals surface area contributed by atoms with Gasteiger partial charge in [0.25, 0.3) is 0 Å². The molecule has 5 aliphatic carbocycles. The lowest BCUT2D eigenvalue weighted by Crippen LogP contribution is -2.64. The van der Waals surface area contributed by atoms with Gasteiger partial charge in [0.15, 0.2) is 0 Å². The number of fused-ring (bicyclic) bond motifs is 8. The molecule has 0 spiro atoms. The van der Waals surface area contributed by atoms with Crippen LogP contribution in [0.15, 0.2) is 22.4 Å². The van der Waals surface area contributed by atoms with E-state index in [2.05, 4.69) is 59.7 Å². The lowest BCUT2D eigenvalue weighted by atomic mass is 9.33. The van der Waals surface area contributed by atoms with Gasteiger partial charge < -0.3 is 9.26 Å². The predicted octanol–water partition coefficient (Wildman–Crippen LogP) is 8.05. The van der Waals surface area contributed by atoms with Crippen molar-refractivity contribution in [3.8, 4) is 0 Å². The number of hydrogen-bond donors (Lipinski definition) is 0. The molecule has 0 N–H and O–H groups in total. The summed E-state index contributed by atoms with van der Waals surface area (Å²) in [7, 11) is 0. The molecule has 0 saturated heterocycles. The van der Waals surface area contributed by atoms with Crippen molar-refractivity contribution in [2.75, 3.05) is 6.61 Å². The van der Waals surface area contributed by atoms with Crippen LogP contribution in [0.5, 0.6) is 0 Å². The van der Waals surface area contributed by atoms with Crippen LogP contribution in [0, 0.1) is 44.8 Å². The number of esters is 1. The Kier molecular flexibility index (Phi) is 5.38. The highest BCUT2D eigenvalue weighted by Crippen LogP contribution is 2.75. The van der Waals surface area contributed by atoms with Crippen LogP contribution in [0.2, 0.25) is 0 Å². The van der Waals surface area contributed by atoms with Gasteiger partial charge in [0.2, 0.25) is 0 Å². The van der Waals surface area contributed by atoms with Gasteiger partial charge in [-0.2, -0.15) is 0 Å². The lowest BCUT2D eigenvalue weighted by molar-refractivity contribution is -0.181. The number of rotatable bonds is 2. The molecule has 5 aliphatic rings. The van der Waals surface area contributed by atoms with E-state index in [-0.39, 0.29) is 38.5 Å². The molecule has 3 saturated carbocycles. The number of carbonyl (C=O) groups excluding carboxylic acids is 1. The summed E-state index contributed by atoms with van der Waals surface area (Å²) in [6, 6.07) is 0. The molecule has 3 fully saturated rings. The molecule has 37 heavy (non-hydrogen) atoms. The van der Waals surface area contributed by atoms with E-state index in [9.17, 15) is 4.79 Å². The fourth-order valence-electron chi connectivity index (χ4n) is 11.2. The number of hydrogen-bond acceptors (Lipinski definition) is 4. The van der Waals surface area contributed by atoms with Gasteiger partial charge in [-0.15, -0.1) is 0 Å². The van der Waals surface area contributed by atoms with Crippen LogP contribution in [0.3, 0.4) is 0 Å². The van der Waals surface area contributed by atoms with E-state index < -0.39 is 0 Å². The van der Waals surface area contributed by atoms with Gasteiger partial charge in [0.05, 0.1) is 18.2 Å². The Morgan fingerprint density at radius 2 is 1.76 bits per heavy atom. The van der Waals surface area contributed by atoms with Crippen LogP contribution in [-0.4, -0.2) is 17.7 Å². The molecule has 204 valence electrons. The first-order valence-corrected chi connectivity index (χ1v) is 15.1. The zero-order valence-electron chi connectivity index (χ0n) is 24.6. The van der Waals surface area contributed by atoms with Gasteiger partial charge in [-0.25, -0.2) is 0 Å². The third-order valence-corrected chi connectivity index (χ3v) is 13.3. The molecule has 0 aromatic carbocycles. The highest BCUT2D eigenvalue weighted by Gasteiger charge is 2.69. The monoisotopic (exact) mass is 507 g/mol. The van der Waals surface area contributed by atoms with Crippen LogP contribution >= 0.6 is 0 Å². The molecule has 0 radical (unpaired) electrons. The summed E-state index contributed by atoms with van der Waals surface area (Å²) in [5.74, 6) is 2.72.